The second kappa shape index (κ2) is 5.00. The van der Waals surface area contributed by atoms with Crippen LogP contribution in [0.15, 0.2) is 29.6 Å². The Hall–Kier alpha value is -0.900. The van der Waals surface area contributed by atoms with E-state index in [0.717, 1.165) is 12.8 Å². The van der Waals surface area contributed by atoms with E-state index in [1.165, 1.54) is 28.5 Å². The molecule has 3 heteroatoms. The Labute approximate surface area is 112 Å². The van der Waals surface area contributed by atoms with E-state index in [1.807, 2.05) is 0 Å². The molecule has 1 saturated carbocycles. The molecule has 1 aliphatic carbocycles. The van der Waals surface area contributed by atoms with Crippen molar-refractivity contribution < 1.29 is 0 Å². The Kier molecular flexibility index (Phi) is 3.37. The molecule has 1 heterocycles. The largest absolute Gasteiger partial charge is 0.328 e. The topological polar surface area (TPSA) is 52.0 Å². The molecule has 0 bridgehead atoms. The summed E-state index contributed by atoms with van der Waals surface area (Å²) in [7, 11) is 0. The third-order valence-corrected chi connectivity index (χ3v) is 5.18. The minimum Gasteiger partial charge on any atom is -0.328 e. The highest BCUT2D eigenvalue weighted by molar-refractivity contribution is 7.17. The molecule has 1 aliphatic rings. The monoisotopic (exact) mass is 260 g/mol. The quantitative estimate of drug-likeness (QED) is 0.869. The first kappa shape index (κ1) is 12.2. The van der Waals surface area contributed by atoms with Crippen LogP contribution in [0.1, 0.15) is 37.3 Å². The minimum atomic E-state index is 0.175. The van der Waals surface area contributed by atoms with Gasteiger partial charge in [0.1, 0.15) is 0 Å². The first-order valence-corrected chi connectivity index (χ1v) is 7.61. The normalized spacial score (nSPS) is 26.3. The highest BCUT2D eigenvalue weighted by Gasteiger charge is 2.26. The van der Waals surface area contributed by atoms with E-state index in [9.17, 15) is 0 Å². The number of fused-ring (bicyclic) bond motifs is 1. The average Bonchev–Trinajstić information content (AvgIpc) is 2.82. The molecule has 1 aromatic heterocycles. The smallest absolute Gasteiger partial charge is 0.0346 e. The lowest BCUT2D eigenvalue weighted by Crippen LogP contribution is -2.31. The van der Waals surface area contributed by atoms with Crippen molar-refractivity contribution in [3.8, 4) is 0 Å². The predicted molar refractivity (Wildman–Crippen MR) is 78.7 cm³/mol. The van der Waals surface area contributed by atoms with E-state index >= 15 is 0 Å². The fraction of sp³-hybridized carbons (Fsp3) is 0.467. The Morgan fingerprint density at radius 1 is 1.11 bits per heavy atom. The zero-order chi connectivity index (χ0) is 12.5. The van der Waals surface area contributed by atoms with Gasteiger partial charge in [-0.15, -0.1) is 11.3 Å². The van der Waals surface area contributed by atoms with Gasteiger partial charge < -0.3 is 11.5 Å². The van der Waals surface area contributed by atoms with Crippen LogP contribution in [0.25, 0.3) is 10.1 Å². The highest BCUT2D eigenvalue weighted by atomic mass is 32.1. The van der Waals surface area contributed by atoms with Crippen molar-refractivity contribution in [1.29, 1.82) is 0 Å². The molecule has 3 rings (SSSR count). The maximum atomic E-state index is 6.49. The molecule has 0 aliphatic heterocycles. The summed E-state index contributed by atoms with van der Waals surface area (Å²) < 4.78 is 1.34. The molecule has 0 spiro atoms. The lowest BCUT2D eigenvalue weighted by atomic mass is 9.80. The van der Waals surface area contributed by atoms with Gasteiger partial charge in [0.05, 0.1) is 0 Å². The van der Waals surface area contributed by atoms with E-state index < -0.39 is 0 Å². The molecular weight excluding hydrogens is 240 g/mol. The molecule has 1 unspecified atom stereocenters. The summed E-state index contributed by atoms with van der Waals surface area (Å²) in [6.45, 7) is 0. The summed E-state index contributed by atoms with van der Waals surface area (Å²) in [5.74, 6) is 0.600. The summed E-state index contributed by atoms with van der Waals surface area (Å²) >= 11 is 1.80. The van der Waals surface area contributed by atoms with Gasteiger partial charge in [-0.3, -0.25) is 0 Å². The van der Waals surface area contributed by atoms with Crippen LogP contribution in [-0.2, 0) is 0 Å². The first-order chi connectivity index (χ1) is 8.75. The number of hydrogen-bond donors (Lipinski definition) is 2. The lowest BCUT2D eigenvalue weighted by molar-refractivity contribution is 0.286. The molecule has 1 aromatic carbocycles. The first-order valence-electron chi connectivity index (χ1n) is 6.73. The number of thiophene rings is 1. The van der Waals surface area contributed by atoms with Crippen LogP contribution in [0.2, 0.25) is 0 Å². The molecule has 2 aromatic rings. The molecule has 2 nitrogen and oxygen atoms in total. The summed E-state index contributed by atoms with van der Waals surface area (Å²) in [4.78, 5) is 0. The van der Waals surface area contributed by atoms with E-state index in [-0.39, 0.29) is 6.04 Å². The molecule has 0 amide bonds. The maximum Gasteiger partial charge on any atom is 0.0346 e. The van der Waals surface area contributed by atoms with Gasteiger partial charge in [-0.25, -0.2) is 0 Å². The zero-order valence-corrected chi connectivity index (χ0v) is 11.3. The second-order valence-corrected chi connectivity index (χ2v) is 6.30. The van der Waals surface area contributed by atoms with E-state index in [4.69, 9.17) is 11.5 Å². The molecule has 0 saturated heterocycles. The van der Waals surface area contributed by atoms with Crippen LogP contribution in [0.3, 0.4) is 0 Å². The number of hydrogen-bond acceptors (Lipinski definition) is 3. The van der Waals surface area contributed by atoms with E-state index in [1.54, 1.807) is 11.3 Å². The van der Waals surface area contributed by atoms with Gasteiger partial charge in [0.15, 0.2) is 0 Å². The van der Waals surface area contributed by atoms with Crippen molar-refractivity contribution in [3.05, 3.63) is 35.2 Å². The molecule has 1 fully saturated rings. The van der Waals surface area contributed by atoms with Crippen LogP contribution in [0.5, 0.6) is 0 Å². The van der Waals surface area contributed by atoms with Crippen molar-refractivity contribution in [2.75, 3.05) is 0 Å². The van der Waals surface area contributed by atoms with Gasteiger partial charge in [0.2, 0.25) is 0 Å². The van der Waals surface area contributed by atoms with Crippen molar-refractivity contribution in [3.63, 3.8) is 0 Å². The Bertz CT molecular complexity index is 526. The molecule has 18 heavy (non-hydrogen) atoms. The lowest BCUT2D eigenvalue weighted by Gasteiger charge is -2.30. The Balaban J connectivity index is 1.85. The van der Waals surface area contributed by atoms with Crippen molar-refractivity contribution in [1.82, 2.24) is 0 Å². The fourth-order valence-electron chi connectivity index (χ4n) is 3.01. The third kappa shape index (κ3) is 2.18. The van der Waals surface area contributed by atoms with Gasteiger partial charge in [-0.05, 0) is 54.0 Å². The zero-order valence-electron chi connectivity index (χ0n) is 10.5. The molecule has 4 N–H and O–H groups in total. The van der Waals surface area contributed by atoms with Crippen LogP contribution < -0.4 is 11.5 Å². The molecule has 1 atom stereocenters. The summed E-state index contributed by atoms with van der Waals surface area (Å²) in [6.07, 6.45) is 4.60. The van der Waals surface area contributed by atoms with Gasteiger partial charge in [0, 0.05) is 16.8 Å². The Morgan fingerprint density at radius 2 is 1.83 bits per heavy atom. The van der Waals surface area contributed by atoms with Gasteiger partial charge in [-0.2, -0.15) is 0 Å². The van der Waals surface area contributed by atoms with E-state index in [2.05, 4.69) is 29.6 Å². The highest BCUT2D eigenvalue weighted by Crippen LogP contribution is 2.37. The number of benzene rings is 1. The SMILES string of the molecule is NC1CCC(C(N)c2csc3ccccc23)CC1. The fourth-order valence-corrected chi connectivity index (χ4v) is 4.02. The minimum absolute atomic E-state index is 0.175. The predicted octanol–water partition coefficient (Wildman–Crippen LogP) is 3.42. The van der Waals surface area contributed by atoms with Gasteiger partial charge >= 0.3 is 0 Å². The van der Waals surface area contributed by atoms with Crippen molar-refractivity contribution in [2.24, 2.45) is 17.4 Å². The second-order valence-electron chi connectivity index (χ2n) is 5.39. The van der Waals surface area contributed by atoms with Crippen LogP contribution >= 0.6 is 11.3 Å². The van der Waals surface area contributed by atoms with Gasteiger partial charge in [-0.1, -0.05) is 18.2 Å². The standard InChI is InChI=1S/C15H20N2S/c16-11-7-5-10(6-8-11)15(17)13-9-18-14-4-2-1-3-12(13)14/h1-4,9-11,15H,5-8,16-17H2. The Morgan fingerprint density at radius 3 is 2.61 bits per heavy atom. The van der Waals surface area contributed by atoms with Gasteiger partial charge in [0.25, 0.3) is 0 Å². The molecule has 96 valence electrons. The number of rotatable bonds is 2. The summed E-state index contributed by atoms with van der Waals surface area (Å²) in [5, 5.41) is 3.58. The summed E-state index contributed by atoms with van der Waals surface area (Å²) in [6, 6.07) is 9.12. The third-order valence-electron chi connectivity index (χ3n) is 4.19. The molecular formula is C15H20N2S. The van der Waals surface area contributed by atoms with Crippen LogP contribution in [-0.4, -0.2) is 6.04 Å². The molecule has 0 radical (unpaired) electrons. The maximum absolute atomic E-state index is 6.49. The number of nitrogens with two attached hydrogens (primary N) is 2. The van der Waals surface area contributed by atoms with Crippen LogP contribution in [0.4, 0.5) is 0 Å². The summed E-state index contributed by atoms with van der Waals surface area (Å²) in [5.41, 5.74) is 13.8. The van der Waals surface area contributed by atoms with E-state index in [0.29, 0.717) is 12.0 Å². The van der Waals surface area contributed by atoms with Crippen molar-refractivity contribution in [2.45, 2.75) is 37.8 Å². The average molecular weight is 260 g/mol. The van der Waals surface area contributed by atoms with Crippen LogP contribution in [0, 0.1) is 5.92 Å². The van der Waals surface area contributed by atoms with Crippen molar-refractivity contribution >= 4 is 21.4 Å².